The molecule has 2 rings (SSSR count). The Kier molecular flexibility index (Phi) is 3.34. The van der Waals surface area contributed by atoms with Crippen LogP contribution in [0.3, 0.4) is 0 Å². The third-order valence-corrected chi connectivity index (χ3v) is 3.77. The monoisotopic (exact) mass is 223 g/mol. The van der Waals surface area contributed by atoms with Gasteiger partial charge in [0, 0.05) is 17.9 Å². The van der Waals surface area contributed by atoms with Gasteiger partial charge in [-0.3, -0.25) is 0 Å². The molecule has 0 spiro atoms. The fourth-order valence-corrected chi connectivity index (χ4v) is 2.70. The summed E-state index contributed by atoms with van der Waals surface area (Å²) in [7, 11) is 0. The highest BCUT2D eigenvalue weighted by Gasteiger charge is 2.31. The predicted octanol–water partition coefficient (Wildman–Crippen LogP) is 1.68. The van der Waals surface area contributed by atoms with Gasteiger partial charge >= 0.3 is 0 Å². The molecule has 1 aliphatic rings. The summed E-state index contributed by atoms with van der Waals surface area (Å²) in [6.45, 7) is 1.65. The molecule has 1 atom stereocenters. The third-order valence-electron chi connectivity index (χ3n) is 2.93. The summed E-state index contributed by atoms with van der Waals surface area (Å²) in [5.41, 5.74) is 0.724. The van der Waals surface area contributed by atoms with E-state index in [1.165, 1.54) is 10.5 Å². The number of β-amino-alcohol motifs (C(OH)–C–C–N with tert-alkyl or cyclic N) is 1. The number of thioether (sulfide) groups is 1. The fraction of sp³-hybridized carbons (Fsp3) is 0.500. The lowest BCUT2D eigenvalue weighted by atomic mass is 9.94. The normalized spacial score (nSPS) is 25.7. The molecule has 1 heterocycles. The minimum atomic E-state index is -0.536. The Balaban J connectivity index is 2.16. The molecule has 3 heteroatoms. The molecule has 1 aromatic rings. The van der Waals surface area contributed by atoms with Crippen molar-refractivity contribution >= 4 is 11.8 Å². The molecule has 0 aromatic heterocycles. The van der Waals surface area contributed by atoms with Gasteiger partial charge in [0.05, 0.1) is 5.60 Å². The topological polar surface area (TPSA) is 32.3 Å². The molecule has 1 unspecified atom stereocenters. The molecule has 1 aromatic carbocycles. The summed E-state index contributed by atoms with van der Waals surface area (Å²) in [6, 6.07) is 8.32. The summed E-state index contributed by atoms with van der Waals surface area (Å²) in [5.74, 6) is 0. The fourth-order valence-electron chi connectivity index (χ4n) is 2.08. The summed E-state index contributed by atoms with van der Waals surface area (Å²) in [4.78, 5) is 1.28. The second-order valence-corrected chi connectivity index (χ2v) is 4.99. The number of hydrogen-bond acceptors (Lipinski definition) is 3. The molecule has 0 saturated carbocycles. The van der Waals surface area contributed by atoms with Crippen LogP contribution in [0.4, 0.5) is 0 Å². The Morgan fingerprint density at radius 1 is 1.47 bits per heavy atom. The molecule has 0 amide bonds. The molecule has 15 heavy (non-hydrogen) atoms. The Hall–Kier alpha value is -0.510. The van der Waals surface area contributed by atoms with Crippen molar-refractivity contribution in [3.63, 3.8) is 0 Å². The van der Waals surface area contributed by atoms with E-state index in [0.29, 0.717) is 0 Å². The molecule has 2 N–H and O–H groups in total. The van der Waals surface area contributed by atoms with E-state index in [4.69, 9.17) is 0 Å². The van der Waals surface area contributed by atoms with Crippen LogP contribution in [-0.2, 0) is 6.42 Å². The molecular weight excluding hydrogens is 206 g/mol. The van der Waals surface area contributed by atoms with Crippen LogP contribution in [0.15, 0.2) is 29.2 Å². The highest BCUT2D eigenvalue weighted by molar-refractivity contribution is 7.98. The number of benzene rings is 1. The highest BCUT2D eigenvalue weighted by atomic mass is 32.2. The minimum Gasteiger partial charge on any atom is -0.388 e. The van der Waals surface area contributed by atoms with Crippen LogP contribution in [0.2, 0.25) is 0 Å². The van der Waals surface area contributed by atoms with Crippen LogP contribution >= 0.6 is 11.8 Å². The molecule has 2 nitrogen and oxygen atoms in total. The number of nitrogens with one attached hydrogen (secondary N) is 1. The zero-order valence-corrected chi connectivity index (χ0v) is 9.81. The van der Waals surface area contributed by atoms with E-state index in [2.05, 4.69) is 23.7 Å². The standard InChI is InChI=1S/C12H17NOS/c1-15-11-5-3-2-4-10(11)8-12(14)6-7-13-9-12/h2-5,13-14H,6-9H2,1H3. The van der Waals surface area contributed by atoms with Crippen molar-refractivity contribution < 1.29 is 5.11 Å². The van der Waals surface area contributed by atoms with Crippen molar-refractivity contribution in [3.05, 3.63) is 29.8 Å². The van der Waals surface area contributed by atoms with Gasteiger partial charge in [-0.15, -0.1) is 11.8 Å². The Morgan fingerprint density at radius 2 is 2.27 bits per heavy atom. The predicted molar refractivity (Wildman–Crippen MR) is 64.4 cm³/mol. The smallest absolute Gasteiger partial charge is 0.0824 e. The zero-order valence-electron chi connectivity index (χ0n) is 8.99. The first-order valence-electron chi connectivity index (χ1n) is 5.28. The highest BCUT2D eigenvalue weighted by Crippen LogP contribution is 2.26. The molecule has 0 radical (unpaired) electrons. The zero-order chi connectivity index (χ0) is 10.7. The Morgan fingerprint density at radius 3 is 2.93 bits per heavy atom. The van der Waals surface area contributed by atoms with Gasteiger partial charge in [-0.1, -0.05) is 18.2 Å². The van der Waals surface area contributed by atoms with Gasteiger partial charge in [-0.2, -0.15) is 0 Å². The van der Waals surface area contributed by atoms with E-state index in [-0.39, 0.29) is 0 Å². The van der Waals surface area contributed by atoms with Crippen molar-refractivity contribution in [2.24, 2.45) is 0 Å². The Bertz CT molecular complexity index is 334. The average Bonchev–Trinajstić information content (AvgIpc) is 2.66. The van der Waals surface area contributed by atoms with Gasteiger partial charge in [-0.05, 0) is 30.9 Å². The number of hydrogen-bond donors (Lipinski definition) is 2. The van der Waals surface area contributed by atoms with Crippen molar-refractivity contribution in [2.45, 2.75) is 23.3 Å². The summed E-state index contributed by atoms with van der Waals surface area (Å²) >= 11 is 1.75. The van der Waals surface area contributed by atoms with E-state index >= 15 is 0 Å². The molecule has 1 saturated heterocycles. The van der Waals surface area contributed by atoms with Crippen molar-refractivity contribution in [3.8, 4) is 0 Å². The lowest BCUT2D eigenvalue weighted by Crippen LogP contribution is -2.33. The maximum Gasteiger partial charge on any atom is 0.0824 e. The van der Waals surface area contributed by atoms with Gasteiger partial charge in [0.25, 0.3) is 0 Å². The van der Waals surface area contributed by atoms with E-state index in [1.54, 1.807) is 11.8 Å². The van der Waals surface area contributed by atoms with Crippen LogP contribution < -0.4 is 5.32 Å². The van der Waals surface area contributed by atoms with E-state index in [1.807, 2.05) is 12.1 Å². The molecular formula is C12H17NOS. The second-order valence-electron chi connectivity index (χ2n) is 4.14. The van der Waals surface area contributed by atoms with Gasteiger partial charge in [0.2, 0.25) is 0 Å². The maximum absolute atomic E-state index is 10.3. The second kappa shape index (κ2) is 4.56. The summed E-state index contributed by atoms with van der Waals surface area (Å²) in [6.07, 6.45) is 3.70. The van der Waals surface area contributed by atoms with Crippen molar-refractivity contribution in [2.75, 3.05) is 19.3 Å². The molecule has 1 fully saturated rings. The quantitative estimate of drug-likeness (QED) is 0.765. The lowest BCUT2D eigenvalue weighted by molar-refractivity contribution is 0.0613. The van der Waals surface area contributed by atoms with Crippen LogP contribution in [0.25, 0.3) is 0 Å². The van der Waals surface area contributed by atoms with E-state index in [9.17, 15) is 5.11 Å². The number of aliphatic hydroxyl groups is 1. The summed E-state index contributed by atoms with van der Waals surface area (Å²) in [5, 5.41) is 13.5. The van der Waals surface area contributed by atoms with Gasteiger partial charge in [0.1, 0.15) is 0 Å². The first kappa shape index (κ1) is 11.0. The van der Waals surface area contributed by atoms with Crippen LogP contribution in [0.5, 0.6) is 0 Å². The third kappa shape index (κ3) is 2.54. The van der Waals surface area contributed by atoms with Gasteiger partial charge in [0.15, 0.2) is 0 Å². The average molecular weight is 223 g/mol. The maximum atomic E-state index is 10.3. The largest absolute Gasteiger partial charge is 0.388 e. The van der Waals surface area contributed by atoms with Crippen molar-refractivity contribution in [1.82, 2.24) is 5.32 Å². The first-order chi connectivity index (χ1) is 7.23. The summed E-state index contributed by atoms with van der Waals surface area (Å²) < 4.78 is 0. The Labute approximate surface area is 95.1 Å². The van der Waals surface area contributed by atoms with E-state index < -0.39 is 5.60 Å². The van der Waals surface area contributed by atoms with Crippen LogP contribution in [-0.4, -0.2) is 30.1 Å². The lowest BCUT2D eigenvalue weighted by Gasteiger charge is -2.22. The van der Waals surface area contributed by atoms with Crippen LogP contribution in [0.1, 0.15) is 12.0 Å². The number of rotatable bonds is 3. The first-order valence-corrected chi connectivity index (χ1v) is 6.51. The van der Waals surface area contributed by atoms with E-state index in [0.717, 1.165) is 25.9 Å². The molecule has 0 bridgehead atoms. The van der Waals surface area contributed by atoms with Crippen LogP contribution in [0, 0.1) is 0 Å². The molecule has 0 aliphatic carbocycles. The molecule has 1 aliphatic heterocycles. The van der Waals surface area contributed by atoms with Gasteiger partial charge < -0.3 is 10.4 Å². The minimum absolute atomic E-state index is 0.536. The van der Waals surface area contributed by atoms with Gasteiger partial charge in [-0.25, -0.2) is 0 Å². The van der Waals surface area contributed by atoms with Crippen molar-refractivity contribution in [1.29, 1.82) is 0 Å². The SMILES string of the molecule is CSc1ccccc1CC1(O)CCNC1. The molecule has 82 valence electrons.